The summed E-state index contributed by atoms with van der Waals surface area (Å²) in [6.07, 6.45) is 6.72. The van der Waals surface area contributed by atoms with Crippen molar-refractivity contribution < 1.29 is 29.0 Å². The zero-order valence-corrected chi connectivity index (χ0v) is 16.5. The Morgan fingerprint density at radius 2 is 1.50 bits per heavy atom. The number of aliphatic carboxylic acids is 1. The first-order valence-corrected chi connectivity index (χ1v) is 10.6. The third-order valence-electron chi connectivity index (χ3n) is 6.05. The van der Waals surface area contributed by atoms with Gasteiger partial charge in [0.05, 0.1) is 18.8 Å². The van der Waals surface area contributed by atoms with E-state index in [1.807, 2.05) is 6.92 Å². The van der Waals surface area contributed by atoms with Gasteiger partial charge in [0.2, 0.25) is 11.8 Å². The number of carbonyl (C=O) groups is 3. The van der Waals surface area contributed by atoms with Crippen molar-refractivity contribution in [1.29, 1.82) is 0 Å². The van der Waals surface area contributed by atoms with E-state index in [4.69, 9.17) is 14.6 Å². The molecule has 158 valence electrons. The van der Waals surface area contributed by atoms with Gasteiger partial charge in [0.15, 0.2) is 0 Å². The summed E-state index contributed by atoms with van der Waals surface area (Å²) >= 11 is 0. The van der Waals surface area contributed by atoms with Crippen LogP contribution in [0.15, 0.2) is 0 Å². The number of carboxylic acid groups (broad SMARTS) is 1. The van der Waals surface area contributed by atoms with E-state index < -0.39 is 5.97 Å². The van der Waals surface area contributed by atoms with Crippen molar-refractivity contribution in [1.82, 2.24) is 10.6 Å². The van der Waals surface area contributed by atoms with Gasteiger partial charge in [0.1, 0.15) is 12.2 Å². The number of carbonyl (C=O) groups excluding carboxylic acids is 2. The summed E-state index contributed by atoms with van der Waals surface area (Å²) in [5.41, 5.74) is 0. The zero-order chi connectivity index (χ0) is 20.1. The maximum atomic E-state index is 12.1. The minimum Gasteiger partial charge on any atom is -0.481 e. The third kappa shape index (κ3) is 5.23. The van der Waals surface area contributed by atoms with Crippen LogP contribution < -0.4 is 10.6 Å². The Balaban J connectivity index is 1.39. The van der Waals surface area contributed by atoms with Gasteiger partial charge in [0.25, 0.3) is 0 Å². The molecule has 0 unspecified atom stereocenters. The highest BCUT2D eigenvalue weighted by molar-refractivity contribution is 5.84. The van der Waals surface area contributed by atoms with E-state index in [9.17, 15) is 14.4 Å². The normalized spacial score (nSPS) is 32.0. The largest absolute Gasteiger partial charge is 0.481 e. The maximum absolute atomic E-state index is 12.1. The molecule has 0 radical (unpaired) electrons. The van der Waals surface area contributed by atoms with Crippen LogP contribution in [0.3, 0.4) is 0 Å². The van der Waals surface area contributed by atoms with E-state index in [1.165, 1.54) is 0 Å². The standard InChI is InChI=1S/C20H32N2O6/c1-2-7-14(23)22-11-15(24)21-10-13-12(8-5-3-4-6-9-16(25)26)17-19-20(28-19)18(13)27-17/h12-13,17-20H,2-11H2,1H3,(H,21,24)(H,22,23)(H,25,26)/t12-,13+,17+,18-,19-,20+/m0/s1. The van der Waals surface area contributed by atoms with E-state index in [1.54, 1.807) is 0 Å². The van der Waals surface area contributed by atoms with Crippen LogP contribution in [-0.4, -0.2) is 60.4 Å². The van der Waals surface area contributed by atoms with Crippen molar-refractivity contribution in [3.63, 3.8) is 0 Å². The fourth-order valence-electron chi connectivity index (χ4n) is 4.62. The molecule has 8 heteroatoms. The van der Waals surface area contributed by atoms with Gasteiger partial charge >= 0.3 is 5.97 Å². The topological polar surface area (TPSA) is 117 Å². The molecule has 2 bridgehead atoms. The average Bonchev–Trinajstić information content (AvgIpc) is 3.28. The van der Waals surface area contributed by atoms with Crippen LogP contribution in [-0.2, 0) is 23.9 Å². The number of nitrogens with one attached hydrogen (secondary N) is 2. The van der Waals surface area contributed by atoms with Gasteiger partial charge in [-0.1, -0.05) is 26.2 Å². The van der Waals surface area contributed by atoms with E-state index >= 15 is 0 Å². The van der Waals surface area contributed by atoms with Gasteiger partial charge in [-0.05, 0) is 25.2 Å². The van der Waals surface area contributed by atoms with Crippen molar-refractivity contribution in [3.8, 4) is 0 Å². The van der Waals surface area contributed by atoms with Gasteiger partial charge in [-0.25, -0.2) is 0 Å². The van der Waals surface area contributed by atoms with Crippen LogP contribution in [0.1, 0.15) is 58.3 Å². The lowest BCUT2D eigenvalue weighted by atomic mass is 9.76. The van der Waals surface area contributed by atoms with E-state index in [0.29, 0.717) is 18.9 Å². The zero-order valence-electron chi connectivity index (χ0n) is 16.5. The number of epoxide rings is 1. The molecule has 28 heavy (non-hydrogen) atoms. The number of carboxylic acids is 1. The molecular weight excluding hydrogens is 364 g/mol. The van der Waals surface area contributed by atoms with Gasteiger partial charge < -0.3 is 25.2 Å². The molecule has 0 aromatic rings. The van der Waals surface area contributed by atoms with E-state index in [-0.39, 0.29) is 55.1 Å². The van der Waals surface area contributed by atoms with Crippen LogP contribution in [0, 0.1) is 11.8 Å². The van der Waals surface area contributed by atoms with Crippen LogP contribution in [0.2, 0.25) is 0 Å². The molecule has 3 aliphatic heterocycles. The van der Waals surface area contributed by atoms with Gasteiger partial charge in [-0.2, -0.15) is 0 Å². The summed E-state index contributed by atoms with van der Waals surface area (Å²) in [5, 5.41) is 14.3. The fraction of sp³-hybridized carbons (Fsp3) is 0.850. The Morgan fingerprint density at radius 3 is 2.21 bits per heavy atom. The molecule has 2 amide bonds. The second kappa shape index (κ2) is 9.69. The molecule has 3 fully saturated rings. The van der Waals surface area contributed by atoms with Crippen LogP contribution in [0.5, 0.6) is 0 Å². The monoisotopic (exact) mass is 396 g/mol. The summed E-state index contributed by atoms with van der Waals surface area (Å²) in [4.78, 5) is 34.1. The SMILES string of the molecule is CCCC(=O)NCC(=O)NC[C@@H]1[C@H](CCCCCCC(=O)O)[C@H]2O[C@@H]1[C@H]1O[C@H]12. The second-order valence-electron chi connectivity index (χ2n) is 8.14. The highest BCUT2D eigenvalue weighted by Gasteiger charge is 2.68. The Labute approximate surface area is 165 Å². The Kier molecular flexibility index (Phi) is 7.29. The first-order chi connectivity index (χ1) is 13.5. The molecule has 0 saturated carbocycles. The molecule has 3 N–H and O–H groups in total. The summed E-state index contributed by atoms with van der Waals surface area (Å²) in [6, 6.07) is 0. The molecule has 0 spiro atoms. The highest BCUT2D eigenvalue weighted by Crippen LogP contribution is 2.54. The molecule has 6 atom stereocenters. The average molecular weight is 396 g/mol. The fourth-order valence-corrected chi connectivity index (χ4v) is 4.62. The molecule has 0 aromatic carbocycles. The summed E-state index contributed by atoms with van der Waals surface area (Å²) in [7, 11) is 0. The van der Waals surface area contributed by atoms with Crippen molar-refractivity contribution in [2.24, 2.45) is 11.8 Å². The molecule has 3 rings (SSSR count). The quantitative estimate of drug-likeness (QED) is 0.318. The Bertz CT molecular complexity index is 583. The number of unbranched alkanes of at least 4 members (excludes halogenated alkanes) is 3. The minimum absolute atomic E-state index is 0.0112. The Hall–Kier alpha value is -1.67. The van der Waals surface area contributed by atoms with Crippen LogP contribution in [0.25, 0.3) is 0 Å². The molecule has 8 nitrogen and oxygen atoms in total. The molecule has 0 aliphatic carbocycles. The van der Waals surface area contributed by atoms with Crippen molar-refractivity contribution in [2.45, 2.75) is 82.7 Å². The number of hydrogen-bond donors (Lipinski definition) is 3. The first-order valence-electron chi connectivity index (χ1n) is 10.6. The molecule has 3 saturated heterocycles. The number of fused-ring (bicyclic) bond motifs is 5. The lowest BCUT2D eigenvalue weighted by molar-refractivity contribution is -0.137. The number of amides is 2. The van der Waals surface area contributed by atoms with Crippen molar-refractivity contribution >= 4 is 17.8 Å². The lowest BCUT2D eigenvalue weighted by Crippen LogP contribution is -2.44. The molecule has 0 aromatic heterocycles. The predicted octanol–water partition coefficient (Wildman–Crippen LogP) is 1.22. The minimum atomic E-state index is -0.736. The Morgan fingerprint density at radius 1 is 0.821 bits per heavy atom. The van der Waals surface area contributed by atoms with Crippen LogP contribution >= 0.6 is 0 Å². The van der Waals surface area contributed by atoms with Crippen LogP contribution in [0.4, 0.5) is 0 Å². The van der Waals surface area contributed by atoms with Gasteiger partial charge in [0, 0.05) is 25.3 Å². The first kappa shape index (κ1) is 21.0. The molecule has 3 heterocycles. The van der Waals surface area contributed by atoms with Crippen molar-refractivity contribution in [2.75, 3.05) is 13.1 Å². The summed E-state index contributed by atoms with van der Waals surface area (Å²) < 4.78 is 11.8. The summed E-state index contributed by atoms with van der Waals surface area (Å²) in [6.45, 7) is 2.48. The summed E-state index contributed by atoms with van der Waals surface area (Å²) in [5.74, 6) is -0.407. The lowest BCUT2D eigenvalue weighted by Gasteiger charge is -2.26. The smallest absolute Gasteiger partial charge is 0.303 e. The molecule has 3 aliphatic rings. The third-order valence-corrected chi connectivity index (χ3v) is 6.05. The van der Waals surface area contributed by atoms with E-state index in [2.05, 4.69) is 10.6 Å². The second-order valence-corrected chi connectivity index (χ2v) is 8.14. The molecular formula is C20H32N2O6. The highest BCUT2D eigenvalue weighted by atomic mass is 16.7. The van der Waals surface area contributed by atoms with Gasteiger partial charge in [-0.15, -0.1) is 0 Å². The van der Waals surface area contributed by atoms with Gasteiger partial charge in [-0.3, -0.25) is 14.4 Å². The van der Waals surface area contributed by atoms with E-state index in [0.717, 1.165) is 38.5 Å². The van der Waals surface area contributed by atoms with Crippen molar-refractivity contribution in [3.05, 3.63) is 0 Å². The number of ether oxygens (including phenoxy) is 2. The maximum Gasteiger partial charge on any atom is 0.303 e. The number of hydrogen-bond acceptors (Lipinski definition) is 5. The predicted molar refractivity (Wildman–Crippen MR) is 101 cm³/mol. The number of rotatable bonds is 13.